The highest BCUT2D eigenvalue weighted by atomic mass is 19.1. The third-order valence-electron chi connectivity index (χ3n) is 4.76. The van der Waals surface area contributed by atoms with Crippen LogP contribution in [0.2, 0.25) is 0 Å². The maximum absolute atomic E-state index is 13.7. The number of hydrogen-bond donors (Lipinski definition) is 1. The highest BCUT2D eigenvalue weighted by Crippen LogP contribution is 2.42. The molecule has 3 rings (SSSR count). The second-order valence-electron chi connectivity index (χ2n) is 6.04. The molecule has 2 atom stereocenters. The molecule has 0 saturated heterocycles. The first-order chi connectivity index (χ1) is 10.2. The zero-order valence-electron chi connectivity index (χ0n) is 12.5. The zero-order valence-corrected chi connectivity index (χ0v) is 12.5. The lowest BCUT2D eigenvalue weighted by Crippen LogP contribution is -2.11. The van der Waals surface area contributed by atoms with Gasteiger partial charge in [0.25, 0.3) is 0 Å². The van der Waals surface area contributed by atoms with Gasteiger partial charge in [-0.3, -0.25) is 0 Å². The summed E-state index contributed by atoms with van der Waals surface area (Å²) in [5, 5.41) is 0. The summed E-state index contributed by atoms with van der Waals surface area (Å²) in [6.45, 7) is 2.93. The number of nitrogens with two attached hydrogens (primary N) is 1. The predicted octanol–water partition coefficient (Wildman–Crippen LogP) is 4.36. The van der Waals surface area contributed by atoms with Gasteiger partial charge in [0, 0.05) is 0 Å². The van der Waals surface area contributed by atoms with E-state index in [0.29, 0.717) is 18.4 Å². The number of hydrogen-bond acceptors (Lipinski definition) is 1. The van der Waals surface area contributed by atoms with Gasteiger partial charge in [0.2, 0.25) is 0 Å². The smallest absolute Gasteiger partial charge is 0.123 e. The number of benzene rings is 2. The van der Waals surface area contributed by atoms with Gasteiger partial charge >= 0.3 is 0 Å². The molecule has 0 heterocycles. The van der Waals surface area contributed by atoms with Crippen molar-refractivity contribution in [1.29, 1.82) is 0 Å². The Labute approximate surface area is 126 Å². The van der Waals surface area contributed by atoms with Gasteiger partial charge < -0.3 is 5.73 Å². The van der Waals surface area contributed by atoms with Crippen molar-refractivity contribution < 1.29 is 4.39 Å². The Balaban J connectivity index is 2.10. The van der Waals surface area contributed by atoms with Crippen molar-refractivity contribution in [3.05, 3.63) is 70.5 Å². The second-order valence-corrected chi connectivity index (χ2v) is 6.04. The van der Waals surface area contributed by atoms with Crippen LogP contribution in [0.3, 0.4) is 0 Å². The van der Waals surface area contributed by atoms with Gasteiger partial charge in [-0.25, -0.2) is 4.39 Å². The Bertz CT molecular complexity index is 635. The Morgan fingerprint density at radius 2 is 1.86 bits per heavy atom. The van der Waals surface area contributed by atoms with E-state index in [1.165, 1.54) is 16.7 Å². The van der Waals surface area contributed by atoms with Crippen LogP contribution in [0.5, 0.6) is 0 Å². The monoisotopic (exact) mass is 283 g/mol. The fraction of sp³-hybridized carbons (Fsp3) is 0.368. The molecule has 0 amide bonds. The van der Waals surface area contributed by atoms with E-state index in [4.69, 9.17) is 5.73 Å². The van der Waals surface area contributed by atoms with Crippen LogP contribution in [0.15, 0.2) is 42.5 Å². The zero-order chi connectivity index (χ0) is 14.8. The molecule has 0 unspecified atom stereocenters. The van der Waals surface area contributed by atoms with Crippen molar-refractivity contribution in [2.24, 2.45) is 5.73 Å². The van der Waals surface area contributed by atoms with Crippen LogP contribution in [0.25, 0.3) is 0 Å². The lowest BCUT2D eigenvalue weighted by atomic mass is 9.80. The highest BCUT2D eigenvalue weighted by Gasteiger charge is 2.28. The van der Waals surface area contributed by atoms with E-state index in [9.17, 15) is 4.39 Å². The van der Waals surface area contributed by atoms with Gasteiger partial charge in [0.15, 0.2) is 0 Å². The van der Waals surface area contributed by atoms with Crippen molar-refractivity contribution in [2.45, 2.75) is 38.0 Å². The maximum atomic E-state index is 13.7. The molecular weight excluding hydrogens is 261 g/mol. The molecule has 0 aromatic heterocycles. The van der Waals surface area contributed by atoms with Gasteiger partial charge in [-0.1, -0.05) is 37.3 Å². The van der Waals surface area contributed by atoms with Crippen LogP contribution < -0.4 is 5.73 Å². The van der Waals surface area contributed by atoms with Gasteiger partial charge in [-0.2, -0.15) is 0 Å². The molecule has 1 nitrogen and oxygen atoms in total. The van der Waals surface area contributed by atoms with E-state index in [2.05, 4.69) is 31.2 Å². The minimum Gasteiger partial charge on any atom is -0.330 e. The quantitative estimate of drug-likeness (QED) is 0.890. The van der Waals surface area contributed by atoms with Crippen molar-refractivity contribution in [3.8, 4) is 0 Å². The highest BCUT2D eigenvalue weighted by molar-refractivity contribution is 5.45. The maximum Gasteiger partial charge on any atom is 0.123 e. The van der Waals surface area contributed by atoms with E-state index >= 15 is 0 Å². The van der Waals surface area contributed by atoms with Crippen molar-refractivity contribution in [3.63, 3.8) is 0 Å². The fourth-order valence-corrected chi connectivity index (χ4v) is 3.64. The largest absolute Gasteiger partial charge is 0.330 e. The summed E-state index contributed by atoms with van der Waals surface area (Å²) < 4.78 is 13.7. The van der Waals surface area contributed by atoms with E-state index < -0.39 is 0 Å². The van der Waals surface area contributed by atoms with Gasteiger partial charge in [-0.15, -0.1) is 0 Å². The van der Waals surface area contributed by atoms with Crippen molar-refractivity contribution in [1.82, 2.24) is 0 Å². The van der Waals surface area contributed by atoms with Gasteiger partial charge in [0.1, 0.15) is 5.82 Å². The number of halogens is 1. The van der Waals surface area contributed by atoms with Crippen LogP contribution in [0, 0.1) is 5.82 Å². The van der Waals surface area contributed by atoms with Crippen LogP contribution in [0.1, 0.15) is 53.9 Å². The van der Waals surface area contributed by atoms with Crippen molar-refractivity contribution in [2.75, 3.05) is 6.54 Å². The Kier molecular flexibility index (Phi) is 4.07. The topological polar surface area (TPSA) is 26.0 Å². The van der Waals surface area contributed by atoms with Gasteiger partial charge in [0.05, 0.1) is 0 Å². The molecule has 2 aromatic carbocycles. The Morgan fingerprint density at radius 1 is 1.10 bits per heavy atom. The minimum atomic E-state index is -0.135. The Hall–Kier alpha value is -1.67. The molecular formula is C19H22FN. The molecule has 1 aliphatic rings. The summed E-state index contributed by atoms with van der Waals surface area (Å²) in [7, 11) is 0. The van der Waals surface area contributed by atoms with E-state index in [1.54, 1.807) is 12.1 Å². The van der Waals surface area contributed by atoms with Crippen LogP contribution in [-0.4, -0.2) is 6.54 Å². The van der Waals surface area contributed by atoms with Crippen LogP contribution in [-0.2, 0) is 6.42 Å². The van der Waals surface area contributed by atoms with Gasteiger partial charge in [-0.05, 0) is 72.0 Å². The number of fused-ring (bicyclic) bond motifs is 2. The fourth-order valence-electron chi connectivity index (χ4n) is 3.64. The first-order valence-corrected chi connectivity index (χ1v) is 7.77. The molecule has 0 saturated carbocycles. The average molecular weight is 283 g/mol. The van der Waals surface area contributed by atoms with Crippen LogP contribution >= 0.6 is 0 Å². The summed E-state index contributed by atoms with van der Waals surface area (Å²) in [4.78, 5) is 0. The van der Waals surface area contributed by atoms with E-state index in [-0.39, 0.29) is 5.82 Å². The Morgan fingerprint density at radius 3 is 2.67 bits per heavy atom. The molecule has 110 valence electrons. The lowest BCUT2D eigenvalue weighted by Gasteiger charge is -2.25. The number of rotatable bonds is 3. The average Bonchev–Trinajstić information content (AvgIpc) is 2.61. The molecule has 21 heavy (non-hydrogen) atoms. The summed E-state index contributed by atoms with van der Waals surface area (Å²) in [5.74, 6) is 0.614. The summed E-state index contributed by atoms with van der Waals surface area (Å²) in [6.07, 6.45) is 2.97. The molecule has 0 aliphatic heterocycles. The molecule has 2 heteroatoms. The minimum absolute atomic E-state index is 0.135. The lowest BCUT2D eigenvalue weighted by molar-refractivity contribution is 0.517. The molecule has 0 radical (unpaired) electrons. The standard InChI is InChI=1S/C19H22FN/c1-13-17(7-4-10-21)18-6-3-2-5-14(18)11-15-8-9-16(20)12-19(13)15/h2-3,5-6,8-9,12-13,17H,4,7,10-11,21H2,1H3/t13-,17-/m0/s1. The summed E-state index contributed by atoms with van der Waals surface area (Å²) >= 11 is 0. The molecule has 1 aliphatic carbocycles. The van der Waals surface area contributed by atoms with Crippen LogP contribution in [0.4, 0.5) is 4.39 Å². The normalized spacial score (nSPS) is 20.5. The second kappa shape index (κ2) is 5.98. The van der Waals surface area contributed by atoms with E-state index in [1.807, 2.05) is 6.07 Å². The third kappa shape index (κ3) is 2.73. The molecule has 0 bridgehead atoms. The SMILES string of the molecule is C[C@@H]1c2cc(F)ccc2Cc2ccccc2[C@H]1CCCN. The molecule has 0 fully saturated rings. The molecule has 2 N–H and O–H groups in total. The third-order valence-corrected chi connectivity index (χ3v) is 4.76. The first-order valence-electron chi connectivity index (χ1n) is 7.77. The first kappa shape index (κ1) is 14.3. The van der Waals surface area contributed by atoms with Crippen molar-refractivity contribution >= 4 is 0 Å². The summed E-state index contributed by atoms with van der Waals surface area (Å²) in [5.41, 5.74) is 10.9. The molecule has 0 spiro atoms. The predicted molar refractivity (Wildman–Crippen MR) is 85.1 cm³/mol. The molecule has 2 aromatic rings. The van der Waals surface area contributed by atoms with E-state index in [0.717, 1.165) is 24.8 Å². The summed E-state index contributed by atoms with van der Waals surface area (Å²) in [6, 6.07) is 13.9.